The number of piperidine rings is 1. The molecule has 0 spiro atoms. The van der Waals surface area contributed by atoms with Crippen molar-refractivity contribution in [2.24, 2.45) is 7.05 Å². The number of aryl methyl sites for hydroxylation is 1. The molecular formula is C22H25Cl2FN6O2. The van der Waals surface area contributed by atoms with Crippen LogP contribution in [0, 0.1) is 0 Å². The summed E-state index contributed by atoms with van der Waals surface area (Å²) in [5, 5.41) is 19.2. The molecule has 1 aromatic carbocycles. The van der Waals surface area contributed by atoms with Gasteiger partial charge in [-0.3, -0.25) is 9.58 Å². The average molecular weight is 495 g/mol. The molecule has 0 radical (unpaired) electrons. The Morgan fingerprint density at radius 1 is 1.30 bits per heavy atom. The van der Waals surface area contributed by atoms with Crippen LogP contribution in [0.25, 0.3) is 10.9 Å². The molecule has 8 nitrogen and oxygen atoms in total. The van der Waals surface area contributed by atoms with Crippen molar-refractivity contribution in [3.63, 3.8) is 0 Å². The van der Waals surface area contributed by atoms with Gasteiger partial charge in [0, 0.05) is 36.1 Å². The number of alkyl halides is 1. The second-order valence-electron chi connectivity index (χ2n) is 8.97. The van der Waals surface area contributed by atoms with Crippen LogP contribution in [0.1, 0.15) is 24.8 Å². The zero-order chi connectivity index (χ0) is 23.3. The number of ether oxygens (including phenoxy) is 1. The van der Waals surface area contributed by atoms with Gasteiger partial charge in [0.25, 0.3) is 0 Å². The van der Waals surface area contributed by atoms with Crippen molar-refractivity contribution in [1.29, 1.82) is 0 Å². The van der Waals surface area contributed by atoms with E-state index < -0.39 is 17.8 Å². The molecular weight excluding hydrogens is 470 g/mol. The van der Waals surface area contributed by atoms with Crippen molar-refractivity contribution in [3.8, 4) is 0 Å². The molecule has 0 saturated carbocycles. The molecule has 2 N–H and O–H groups in total. The highest BCUT2D eigenvalue weighted by Gasteiger charge is 2.47. The minimum Gasteiger partial charge on any atom is -0.389 e. The first kappa shape index (κ1) is 22.7. The fourth-order valence-electron chi connectivity index (χ4n) is 4.71. The maximum Gasteiger partial charge on any atom is 0.227 e. The monoisotopic (exact) mass is 494 g/mol. The highest BCUT2D eigenvalue weighted by atomic mass is 35.5. The van der Waals surface area contributed by atoms with Gasteiger partial charge in [0.1, 0.15) is 11.3 Å². The maximum atomic E-state index is 15.4. The first-order chi connectivity index (χ1) is 15.8. The lowest BCUT2D eigenvalue weighted by Gasteiger charge is -2.45. The summed E-state index contributed by atoms with van der Waals surface area (Å²) in [6.07, 6.45) is 2.09. The van der Waals surface area contributed by atoms with E-state index in [1.54, 1.807) is 25.5 Å². The van der Waals surface area contributed by atoms with E-state index in [1.807, 2.05) is 17.9 Å². The van der Waals surface area contributed by atoms with Crippen LogP contribution in [-0.4, -0.2) is 73.9 Å². The number of fused-ring (bicyclic) bond motifs is 1. The SMILES string of the molecule is Cn1ncc(Nc2ncc3cc(Cl)c([C@@H]4CCN([C@]5(C)COC[C@@H]5O)C[C@H]4F)cc3n2)c1Cl. The third-order valence-electron chi connectivity index (χ3n) is 6.86. The normalized spacial score (nSPS) is 28.5. The Labute approximate surface area is 200 Å². The molecule has 3 aromatic rings. The van der Waals surface area contributed by atoms with Crippen molar-refractivity contribution in [2.75, 3.05) is 31.6 Å². The summed E-state index contributed by atoms with van der Waals surface area (Å²) < 4.78 is 22.4. The van der Waals surface area contributed by atoms with Gasteiger partial charge in [0.05, 0.1) is 42.3 Å². The van der Waals surface area contributed by atoms with E-state index in [4.69, 9.17) is 27.9 Å². The fourth-order valence-corrected chi connectivity index (χ4v) is 5.16. The summed E-state index contributed by atoms with van der Waals surface area (Å²) in [5.74, 6) is 0.000734. The average Bonchev–Trinajstić information content (AvgIpc) is 3.30. The van der Waals surface area contributed by atoms with Crippen molar-refractivity contribution in [1.82, 2.24) is 24.6 Å². The molecule has 2 aliphatic heterocycles. The number of benzene rings is 1. The molecule has 0 bridgehead atoms. The molecule has 5 rings (SSSR count). The van der Waals surface area contributed by atoms with Crippen LogP contribution in [0.2, 0.25) is 10.2 Å². The predicted molar refractivity (Wildman–Crippen MR) is 125 cm³/mol. The highest BCUT2D eigenvalue weighted by Crippen LogP contribution is 2.39. The summed E-state index contributed by atoms with van der Waals surface area (Å²) >= 11 is 12.8. The number of hydrogen-bond acceptors (Lipinski definition) is 7. The summed E-state index contributed by atoms with van der Waals surface area (Å²) in [6, 6.07) is 3.62. The number of nitrogens with zero attached hydrogens (tertiary/aromatic N) is 5. The Morgan fingerprint density at radius 2 is 2.12 bits per heavy atom. The van der Waals surface area contributed by atoms with Gasteiger partial charge in [0.15, 0.2) is 0 Å². The Balaban J connectivity index is 1.39. The molecule has 0 unspecified atom stereocenters. The van der Waals surface area contributed by atoms with Crippen molar-refractivity contribution < 1.29 is 14.2 Å². The van der Waals surface area contributed by atoms with Gasteiger partial charge >= 0.3 is 0 Å². The Morgan fingerprint density at radius 3 is 2.79 bits per heavy atom. The second-order valence-corrected chi connectivity index (χ2v) is 9.73. The van der Waals surface area contributed by atoms with Gasteiger partial charge in [-0.05, 0) is 37.6 Å². The maximum absolute atomic E-state index is 15.4. The molecule has 4 atom stereocenters. The topological polar surface area (TPSA) is 88.3 Å². The van der Waals surface area contributed by atoms with Crippen LogP contribution < -0.4 is 5.32 Å². The zero-order valence-corrected chi connectivity index (χ0v) is 19.8. The molecule has 2 fully saturated rings. The Bertz CT molecular complexity index is 1190. The third kappa shape index (κ3) is 4.06. The van der Waals surface area contributed by atoms with Gasteiger partial charge in [-0.25, -0.2) is 14.4 Å². The van der Waals surface area contributed by atoms with Crippen LogP contribution >= 0.6 is 23.2 Å². The van der Waals surface area contributed by atoms with Gasteiger partial charge in [-0.15, -0.1) is 0 Å². The molecule has 2 aromatic heterocycles. The summed E-state index contributed by atoms with van der Waals surface area (Å²) in [5.41, 5.74) is 1.42. The largest absolute Gasteiger partial charge is 0.389 e. The number of aliphatic hydroxyl groups is 1. The third-order valence-corrected chi connectivity index (χ3v) is 7.64. The lowest BCUT2D eigenvalue weighted by Crippen LogP contribution is -2.58. The van der Waals surface area contributed by atoms with E-state index in [0.29, 0.717) is 46.9 Å². The number of aromatic nitrogens is 4. The number of halogens is 3. The smallest absolute Gasteiger partial charge is 0.227 e. The molecule has 2 aliphatic rings. The summed E-state index contributed by atoms with van der Waals surface area (Å²) in [4.78, 5) is 10.9. The highest BCUT2D eigenvalue weighted by molar-refractivity contribution is 6.32. The van der Waals surface area contributed by atoms with Crippen LogP contribution in [-0.2, 0) is 11.8 Å². The number of rotatable bonds is 4. The number of nitrogens with one attached hydrogen (secondary N) is 1. The first-order valence-electron chi connectivity index (χ1n) is 10.8. The van der Waals surface area contributed by atoms with E-state index in [2.05, 4.69) is 20.4 Å². The summed E-state index contributed by atoms with van der Waals surface area (Å²) in [7, 11) is 1.74. The van der Waals surface area contributed by atoms with E-state index in [1.165, 1.54) is 4.68 Å². The van der Waals surface area contributed by atoms with Crippen LogP contribution in [0.5, 0.6) is 0 Å². The van der Waals surface area contributed by atoms with Gasteiger partial charge in [-0.2, -0.15) is 5.10 Å². The fraction of sp³-hybridized carbons (Fsp3) is 0.500. The number of likely N-dealkylation sites (tertiary alicyclic amines) is 1. The minimum atomic E-state index is -1.13. The van der Waals surface area contributed by atoms with Gasteiger partial charge < -0.3 is 15.2 Å². The molecule has 4 heterocycles. The second kappa shape index (κ2) is 8.63. The molecule has 11 heteroatoms. The van der Waals surface area contributed by atoms with E-state index in [-0.39, 0.29) is 19.1 Å². The summed E-state index contributed by atoms with van der Waals surface area (Å²) in [6.45, 7) is 3.47. The van der Waals surface area contributed by atoms with Crippen molar-refractivity contribution >= 4 is 45.7 Å². The number of hydrogen-bond donors (Lipinski definition) is 2. The number of aliphatic hydroxyl groups excluding tert-OH is 1. The van der Waals surface area contributed by atoms with E-state index >= 15 is 4.39 Å². The standard InChI is InChI=1S/C22H25Cl2FN6O2/c1-22(11-33-10-19(22)32)31-4-3-13(16(25)9-31)14-6-17-12(5-15(14)23)7-26-21(28-17)29-18-8-27-30(2)20(18)24/h5-8,13,16,19,32H,3-4,9-11H2,1-2H3,(H,26,28,29)/t13-,16+,19-,22+/m0/s1. The van der Waals surface area contributed by atoms with E-state index in [0.717, 1.165) is 10.9 Å². The van der Waals surface area contributed by atoms with E-state index in [9.17, 15) is 5.11 Å². The lowest BCUT2D eigenvalue weighted by atomic mass is 9.84. The molecule has 2 saturated heterocycles. The van der Waals surface area contributed by atoms with Gasteiger partial charge in [-0.1, -0.05) is 23.2 Å². The minimum absolute atomic E-state index is 0.214. The first-order valence-corrected chi connectivity index (χ1v) is 11.6. The van der Waals surface area contributed by atoms with Crippen molar-refractivity contribution in [2.45, 2.75) is 37.1 Å². The van der Waals surface area contributed by atoms with Crippen LogP contribution in [0.15, 0.2) is 24.5 Å². The zero-order valence-electron chi connectivity index (χ0n) is 18.3. The lowest BCUT2D eigenvalue weighted by molar-refractivity contribution is -0.0237. The molecule has 33 heavy (non-hydrogen) atoms. The van der Waals surface area contributed by atoms with Crippen LogP contribution in [0.4, 0.5) is 16.0 Å². The van der Waals surface area contributed by atoms with Crippen molar-refractivity contribution in [3.05, 3.63) is 40.3 Å². The molecule has 176 valence electrons. The predicted octanol–water partition coefficient (Wildman–Crippen LogP) is 3.69. The number of anilines is 2. The molecule has 0 amide bonds. The Kier molecular flexibility index (Phi) is 5.95. The van der Waals surface area contributed by atoms with Crippen LogP contribution in [0.3, 0.4) is 0 Å². The quantitative estimate of drug-likeness (QED) is 0.571. The molecule has 0 aliphatic carbocycles. The van der Waals surface area contributed by atoms with Gasteiger partial charge in [0.2, 0.25) is 5.95 Å². The Hall–Kier alpha value is -2.04.